The molecule has 1 amide bonds. The molecule has 110 valence electrons. The molecule has 4 heteroatoms. The lowest BCUT2D eigenvalue weighted by Crippen LogP contribution is -2.52. The molecule has 4 nitrogen and oxygen atoms in total. The number of piperidine rings is 1. The Kier molecular flexibility index (Phi) is 3.83. The highest BCUT2D eigenvalue weighted by molar-refractivity contribution is 5.69. The zero-order valence-corrected chi connectivity index (χ0v) is 12.6. The van der Waals surface area contributed by atoms with Crippen LogP contribution in [0.15, 0.2) is 0 Å². The number of carbonyl (C=O) groups excluding carboxylic acids is 1. The molecule has 1 aliphatic heterocycles. The van der Waals surface area contributed by atoms with Crippen molar-refractivity contribution in [1.82, 2.24) is 4.90 Å². The topological polar surface area (TPSA) is 49.8 Å². The molecule has 2 unspecified atom stereocenters. The fourth-order valence-corrected chi connectivity index (χ4v) is 3.24. The average Bonchev–Trinajstić information content (AvgIpc) is 3.07. The number of ether oxygens (including phenoxy) is 1. The van der Waals surface area contributed by atoms with Crippen LogP contribution >= 0.6 is 0 Å². The molecule has 19 heavy (non-hydrogen) atoms. The minimum atomic E-state index is -0.458. The Labute approximate surface area is 116 Å². The van der Waals surface area contributed by atoms with E-state index in [4.69, 9.17) is 4.74 Å². The molecule has 0 aromatic heterocycles. The Balaban J connectivity index is 2.11. The highest BCUT2D eigenvalue weighted by atomic mass is 16.6. The SMILES string of the molecule is CC(O)C1(C2CCCCN2C(=O)OC(C)(C)C)CC1. The van der Waals surface area contributed by atoms with Gasteiger partial charge in [0, 0.05) is 18.0 Å². The number of nitrogens with zero attached hydrogens (tertiary/aromatic N) is 1. The van der Waals surface area contributed by atoms with E-state index in [-0.39, 0.29) is 23.7 Å². The summed E-state index contributed by atoms with van der Waals surface area (Å²) in [6.07, 6.45) is 4.64. The summed E-state index contributed by atoms with van der Waals surface area (Å²) in [6, 6.07) is 0.149. The predicted octanol–water partition coefficient (Wildman–Crippen LogP) is 2.94. The molecule has 0 spiro atoms. The summed E-state index contributed by atoms with van der Waals surface area (Å²) in [5.74, 6) is 0. The minimum absolute atomic E-state index is 0.0721. The van der Waals surface area contributed by atoms with Crippen molar-refractivity contribution in [3.8, 4) is 0 Å². The largest absolute Gasteiger partial charge is 0.444 e. The van der Waals surface area contributed by atoms with Crippen LogP contribution in [0, 0.1) is 5.41 Å². The monoisotopic (exact) mass is 269 g/mol. The van der Waals surface area contributed by atoms with Crippen LogP contribution in [0.25, 0.3) is 0 Å². The molecule has 2 rings (SSSR count). The van der Waals surface area contributed by atoms with Crippen molar-refractivity contribution in [2.45, 2.75) is 77.5 Å². The lowest BCUT2D eigenvalue weighted by molar-refractivity contribution is -0.0208. The van der Waals surface area contributed by atoms with Crippen LogP contribution in [0.5, 0.6) is 0 Å². The molecule has 1 saturated heterocycles. The van der Waals surface area contributed by atoms with E-state index in [1.54, 1.807) is 0 Å². The first-order valence-electron chi connectivity index (χ1n) is 7.44. The second kappa shape index (κ2) is 4.97. The Hall–Kier alpha value is -0.770. The van der Waals surface area contributed by atoms with Crippen molar-refractivity contribution >= 4 is 6.09 Å². The van der Waals surface area contributed by atoms with Crippen molar-refractivity contribution in [2.24, 2.45) is 5.41 Å². The molecule has 2 fully saturated rings. The van der Waals surface area contributed by atoms with E-state index in [0.717, 1.165) is 38.6 Å². The van der Waals surface area contributed by atoms with Crippen molar-refractivity contribution < 1.29 is 14.6 Å². The first-order chi connectivity index (χ1) is 8.76. The van der Waals surface area contributed by atoms with Crippen molar-refractivity contribution in [3.05, 3.63) is 0 Å². The molecule has 0 radical (unpaired) electrons. The molecule has 2 aliphatic rings. The number of rotatable bonds is 2. The molecule has 0 aromatic carbocycles. The lowest BCUT2D eigenvalue weighted by Gasteiger charge is -2.42. The van der Waals surface area contributed by atoms with Gasteiger partial charge in [-0.05, 0) is 59.8 Å². The number of aliphatic hydroxyl groups excluding tert-OH is 1. The van der Waals surface area contributed by atoms with Crippen LogP contribution < -0.4 is 0 Å². The molecule has 0 bridgehead atoms. The summed E-state index contributed by atoms with van der Waals surface area (Å²) in [6.45, 7) is 8.30. The smallest absolute Gasteiger partial charge is 0.410 e. The Bertz CT molecular complexity index is 342. The number of likely N-dealkylation sites (tertiary alicyclic amines) is 1. The van der Waals surface area contributed by atoms with E-state index in [2.05, 4.69) is 0 Å². The number of hydrogen-bond donors (Lipinski definition) is 1. The summed E-state index contributed by atoms with van der Waals surface area (Å²) in [5.41, 5.74) is -0.530. The molecule has 1 N–H and O–H groups in total. The third-order valence-corrected chi connectivity index (χ3v) is 4.45. The molecule has 1 heterocycles. The first-order valence-corrected chi connectivity index (χ1v) is 7.44. The maximum atomic E-state index is 12.3. The molecule has 1 aliphatic carbocycles. The average molecular weight is 269 g/mol. The number of aliphatic hydroxyl groups is 1. The van der Waals surface area contributed by atoms with E-state index in [1.807, 2.05) is 32.6 Å². The van der Waals surface area contributed by atoms with Crippen molar-refractivity contribution in [1.29, 1.82) is 0 Å². The Morgan fingerprint density at radius 1 is 1.37 bits per heavy atom. The van der Waals surface area contributed by atoms with Crippen LogP contribution in [-0.2, 0) is 4.74 Å². The zero-order chi connectivity index (χ0) is 14.3. The standard InChI is InChI=1S/C15H27NO3/c1-11(17)15(8-9-15)12-7-5-6-10-16(12)13(18)19-14(2,3)4/h11-12,17H,5-10H2,1-4H3. The van der Waals surface area contributed by atoms with Crippen molar-refractivity contribution in [2.75, 3.05) is 6.54 Å². The summed E-state index contributed by atoms with van der Waals surface area (Å²) in [5, 5.41) is 10.0. The maximum Gasteiger partial charge on any atom is 0.410 e. The summed E-state index contributed by atoms with van der Waals surface area (Å²) >= 11 is 0. The molecule has 2 atom stereocenters. The van der Waals surface area contributed by atoms with Crippen LogP contribution in [-0.4, -0.2) is 40.4 Å². The van der Waals surface area contributed by atoms with Gasteiger partial charge < -0.3 is 14.7 Å². The molecular weight excluding hydrogens is 242 g/mol. The lowest BCUT2D eigenvalue weighted by atomic mass is 9.84. The Morgan fingerprint density at radius 2 is 2.00 bits per heavy atom. The third-order valence-electron chi connectivity index (χ3n) is 4.45. The minimum Gasteiger partial charge on any atom is -0.444 e. The van der Waals surface area contributed by atoms with E-state index in [0.29, 0.717) is 0 Å². The molecular formula is C15H27NO3. The van der Waals surface area contributed by atoms with Gasteiger partial charge in [-0.3, -0.25) is 0 Å². The van der Waals surface area contributed by atoms with Crippen LogP contribution in [0.4, 0.5) is 4.79 Å². The quantitative estimate of drug-likeness (QED) is 0.838. The van der Waals surface area contributed by atoms with Gasteiger partial charge in [0.15, 0.2) is 0 Å². The molecule has 1 saturated carbocycles. The highest BCUT2D eigenvalue weighted by Crippen LogP contribution is 2.55. The normalized spacial score (nSPS) is 27.8. The summed E-state index contributed by atoms with van der Waals surface area (Å²) in [7, 11) is 0. The zero-order valence-electron chi connectivity index (χ0n) is 12.6. The maximum absolute atomic E-state index is 12.3. The van der Waals surface area contributed by atoms with Crippen molar-refractivity contribution in [3.63, 3.8) is 0 Å². The van der Waals surface area contributed by atoms with Gasteiger partial charge in [0.1, 0.15) is 5.60 Å². The van der Waals surface area contributed by atoms with Crippen LogP contribution in [0.2, 0.25) is 0 Å². The van der Waals surface area contributed by atoms with Gasteiger partial charge in [0.2, 0.25) is 0 Å². The highest BCUT2D eigenvalue weighted by Gasteiger charge is 2.56. The van der Waals surface area contributed by atoms with Gasteiger partial charge in [-0.2, -0.15) is 0 Å². The predicted molar refractivity (Wildman–Crippen MR) is 73.9 cm³/mol. The third kappa shape index (κ3) is 3.04. The fraction of sp³-hybridized carbons (Fsp3) is 0.933. The number of amides is 1. The van der Waals surface area contributed by atoms with Gasteiger partial charge in [0.25, 0.3) is 0 Å². The first kappa shape index (κ1) is 14.6. The second-order valence-corrected chi connectivity index (χ2v) is 7.09. The van der Waals surface area contributed by atoms with Gasteiger partial charge in [-0.1, -0.05) is 0 Å². The van der Waals surface area contributed by atoms with E-state index >= 15 is 0 Å². The van der Waals surface area contributed by atoms with Crippen LogP contribution in [0.1, 0.15) is 59.8 Å². The summed E-state index contributed by atoms with van der Waals surface area (Å²) in [4.78, 5) is 14.2. The van der Waals surface area contributed by atoms with E-state index in [1.165, 1.54) is 0 Å². The number of hydrogen-bond acceptors (Lipinski definition) is 3. The van der Waals surface area contributed by atoms with E-state index in [9.17, 15) is 9.90 Å². The fourth-order valence-electron chi connectivity index (χ4n) is 3.24. The Morgan fingerprint density at radius 3 is 2.47 bits per heavy atom. The second-order valence-electron chi connectivity index (χ2n) is 7.09. The van der Waals surface area contributed by atoms with Gasteiger partial charge in [-0.25, -0.2) is 4.79 Å². The molecule has 0 aromatic rings. The van der Waals surface area contributed by atoms with Gasteiger partial charge in [-0.15, -0.1) is 0 Å². The van der Waals surface area contributed by atoms with E-state index < -0.39 is 5.60 Å². The summed E-state index contributed by atoms with van der Waals surface area (Å²) < 4.78 is 5.52. The van der Waals surface area contributed by atoms with Gasteiger partial charge in [0.05, 0.1) is 6.10 Å². The van der Waals surface area contributed by atoms with Gasteiger partial charge >= 0.3 is 6.09 Å². The van der Waals surface area contributed by atoms with Crippen LogP contribution in [0.3, 0.4) is 0 Å². The number of carbonyl (C=O) groups is 1.